The molecule has 0 aliphatic carbocycles. The molecule has 1 unspecified atom stereocenters. The average molecular weight is 517 g/mol. The van der Waals surface area contributed by atoms with Gasteiger partial charge in [0.25, 0.3) is 0 Å². The minimum absolute atomic E-state index is 0.0379. The predicted octanol–water partition coefficient (Wildman–Crippen LogP) is 5.63. The van der Waals surface area contributed by atoms with E-state index < -0.39 is 0 Å². The van der Waals surface area contributed by atoms with Gasteiger partial charge in [-0.05, 0) is 62.1 Å². The van der Waals surface area contributed by atoms with Crippen LogP contribution in [0.2, 0.25) is 0 Å². The van der Waals surface area contributed by atoms with Crippen molar-refractivity contribution < 1.29 is 23.7 Å². The Morgan fingerprint density at radius 2 is 1.42 bits per heavy atom. The summed E-state index contributed by atoms with van der Waals surface area (Å²) < 4.78 is 22.7. The summed E-state index contributed by atoms with van der Waals surface area (Å²) in [5.41, 5.74) is 3.35. The van der Waals surface area contributed by atoms with E-state index in [9.17, 15) is 4.79 Å². The topological polar surface area (TPSA) is 78.9 Å². The molecule has 0 aliphatic heterocycles. The number of ether oxygens (including phenoxy) is 4. The molecule has 1 heterocycles. The van der Waals surface area contributed by atoms with Crippen LogP contribution in [0, 0.1) is 0 Å². The summed E-state index contributed by atoms with van der Waals surface area (Å²) in [5.74, 6) is 2.29. The normalized spacial score (nSPS) is 11.5. The molecule has 2 aromatic carbocycles. The Labute approximate surface area is 225 Å². The Hall–Kier alpha value is -4.26. The first-order chi connectivity index (χ1) is 18.5. The minimum atomic E-state index is -0.173. The van der Waals surface area contributed by atoms with Gasteiger partial charge in [-0.1, -0.05) is 30.4 Å². The van der Waals surface area contributed by atoms with E-state index in [0.29, 0.717) is 34.1 Å². The van der Waals surface area contributed by atoms with E-state index in [-0.39, 0.29) is 11.9 Å². The zero-order valence-corrected chi connectivity index (χ0v) is 22.7. The monoisotopic (exact) mass is 516 g/mol. The van der Waals surface area contributed by atoms with Crippen LogP contribution < -0.4 is 24.3 Å². The fourth-order valence-electron chi connectivity index (χ4n) is 4.28. The van der Waals surface area contributed by atoms with Gasteiger partial charge in [0.05, 0.1) is 39.6 Å². The van der Waals surface area contributed by atoms with Crippen molar-refractivity contribution in [2.45, 2.75) is 32.2 Å². The van der Waals surface area contributed by atoms with Gasteiger partial charge in [-0.3, -0.25) is 9.78 Å². The summed E-state index contributed by atoms with van der Waals surface area (Å²) in [6.45, 7) is 2.01. The van der Waals surface area contributed by atoms with Gasteiger partial charge in [-0.25, -0.2) is 0 Å². The zero-order chi connectivity index (χ0) is 27.3. The second kappa shape index (κ2) is 14.5. The second-order valence-corrected chi connectivity index (χ2v) is 8.68. The molecule has 0 saturated heterocycles. The van der Waals surface area contributed by atoms with Crippen LogP contribution in [0.1, 0.15) is 36.5 Å². The number of methoxy groups -OCH3 is 4. The highest BCUT2D eigenvalue weighted by atomic mass is 16.5. The number of allylic oxidation sites excluding steroid dienone is 2. The van der Waals surface area contributed by atoms with Crippen LogP contribution in [0.4, 0.5) is 0 Å². The molecule has 38 heavy (non-hydrogen) atoms. The first-order valence-electron chi connectivity index (χ1n) is 12.5. The smallest absolute Gasteiger partial charge is 0.244 e. The summed E-state index contributed by atoms with van der Waals surface area (Å²) >= 11 is 0. The molecule has 1 amide bonds. The number of rotatable bonds is 13. The van der Waals surface area contributed by atoms with Gasteiger partial charge in [0.1, 0.15) is 23.0 Å². The van der Waals surface area contributed by atoms with Crippen LogP contribution in [0.25, 0.3) is 5.57 Å². The first-order valence-corrected chi connectivity index (χ1v) is 12.5. The molecule has 0 radical (unpaired) electrons. The highest BCUT2D eigenvalue weighted by molar-refractivity contribution is 5.93. The molecule has 1 atom stereocenters. The number of carbonyl (C=O) groups is 1. The van der Waals surface area contributed by atoms with Gasteiger partial charge in [0, 0.05) is 30.1 Å². The Kier molecular flexibility index (Phi) is 10.8. The number of pyridine rings is 1. The van der Waals surface area contributed by atoms with Gasteiger partial charge < -0.3 is 24.3 Å². The fourth-order valence-corrected chi connectivity index (χ4v) is 4.28. The Morgan fingerprint density at radius 1 is 0.868 bits per heavy atom. The zero-order valence-electron chi connectivity index (χ0n) is 22.7. The van der Waals surface area contributed by atoms with E-state index >= 15 is 0 Å². The number of carbonyl (C=O) groups excluding carboxylic acids is 1. The Bertz CT molecular complexity index is 1150. The number of nitrogens with zero attached hydrogens (tertiary/aromatic N) is 1. The SMILES string of the molecule is COc1cccc(OC)c1C(=C/C=C/C(=O)NC(C)CCCc1cccnc1)c1c(OC)cccc1OC. The largest absolute Gasteiger partial charge is 0.496 e. The minimum Gasteiger partial charge on any atom is -0.496 e. The molecule has 7 nitrogen and oxygen atoms in total. The van der Waals surface area contributed by atoms with Crippen molar-refractivity contribution in [2.24, 2.45) is 0 Å². The van der Waals surface area contributed by atoms with Gasteiger partial charge in [0.15, 0.2) is 0 Å². The van der Waals surface area contributed by atoms with E-state index in [0.717, 1.165) is 24.8 Å². The molecule has 3 aromatic rings. The highest BCUT2D eigenvalue weighted by Crippen LogP contribution is 2.44. The second-order valence-electron chi connectivity index (χ2n) is 8.68. The molecule has 1 N–H and O–H groups in total. The first kappa shape index (κ1) is 28.3. The van der Waals surface area contributed by atoms with Crippen molar-refractivity contribution in [3.63, 3.8) is 0 Å². The number of amides is 1. The molecular weight excluding hydrogens is 480 g/mol. The summed E-state index contributed by atoms with van der Waals surface area (Å²) in [6.07, 6.45) is 11.5. The summed E-state index contributed by atoms with van der Waals surface area (Å²) in [7, 11) is 6.42. The number of nitrogens with one attached hydrogen (secondary N) is 1. The third-order valence-corrected chi connectivity index (χ3v) is 6.12. The van der Waals surface area contributed by atoms with Gasteiger partial charge >= 0.3 is 0 Å². The number of hydrogen-bond donors (Lipinski definition) is 1. The molecule has 0 bridgehead atoms. The van der Waals surface area contributed by atoms with Crippen LogP contribution in [-0.4, -0.2) is 45.4 Å². The Balaban J connectivity index is 1.86. The number of hydrogen-bond acceptors (Lipinski definition) is 6. The quantitative estimate of drug-likeness (QED) is 0.234. The maximum absolute atomic E-state index is 12.7. The highest BCUT2D eigenvalue weighted by Gasteiger charge is 2.22. The summed E-state index contributed by atoms with van der Waals surface area (Å²) in [5, 5.41) is 3.04. The molecule has 0 fully saturated rings. The maximum Gasteiger partial charge on any atom is 0.244 e. The third kappa shape index (κ3) is 7.38. The molecule has 0 aliphatic rings. The number of aromatic nitrogens is 1. The van der Waals surface area contributed by atoms with E-state index in [4.69, 9.17) is 18.9 Å². The lowest BCUT2D eigenvalue weighted by atomic mass is 9.94. The van der Waals surface area contributed by atoms with Crippen molar-refractivity contribution in [2.75, 3.05) is 28.4 Å². The van der Waals surface area contributed by atoms with Crippen molar-refractivity contribution in [1.82, 2.24) is 10.3 Å². The number of benzene rings is 2. The lowest BCUT2D eigenvalue weighted by Gasteiger charge is -2.20. The van der Waals surface area contributed by atoms with Crippen molar-refractivity contribution in [1.29, 1.82) is 0 Å². The van der Waals surface area contributed by atoms with Crippen molar-refractivity contribution in [3.8, 4) is 23.0 Å². The molecule has 200 valence electrons. The summed E-state index contributed by atoms with van der Waals surface area (Å²) in [4.78, 5) is 16.8. The number of aryl methyl sites for hydroxylation is 1. The van der Waals surface area contributed by atoms with Crippen LogP contribution >= 0.6 is 0 Å². The lowest BCUT2D eigenvalue weighted by molar-refractivity contribution is -0.117. The van der Waals surface area contributed by atoms with Gasteiger partial charge in [0.2, 0.25) is 5.91 Å². The summed E-state index contributed by atoms with van der Waals surface area (Å²) in [6, 6.07) is 15.2. The van der Waals surface area contributed by atoms with Gasteiger partial charge in [-0.15, -0.1) is 0 Å². The fraction of sp³-hybridized carbons (Fsp3) is 0.290. The molecule has 1 aromatic heterocycles. The Morgan fingerprint density at radius 3 is 1.89 bits per heavy atom. The van der Waals surface area contributed by atoms with Crippen molar-refractivity contribution >= 4 is 11.5 Å². The average Bonchev–Trinajstić information content (AvgIpc) is 2.95. The van der Waals surface area contributed by atoms with Crippen LogP contribution in [0.15, 0.2) is 79.2 Å². The molecule has 0 saturated carbocycles. The van der Waals surface area contributed by atoms with Crippen LogP contribution in [0.3, 0.4) is 0 Å². The molecular formula is C31H36N2O5. The van der Waals surface area contributed by atoms with Crippen LogP contribution in [-0.2, 0) is 11.2 Å². The van der Waals surface area contributed by atoms with E-state index in [1.165, 1.54) is 11.6 Å². The van der Waals surface area contributed by atoms with E-state index in [1.54, 1.807) is 40.7 Å². The third-order valence-electron chi connectivity index (χ3n) is 6.12. The van der Waals surface area contributed by atoms with E-state index in [2.05, 4.69) is 16.4 Å². The molecule has 7 heteroatoms. The van der Waals surface area contributed by atoms with Crippen LogP contribution in [0.5, 0.6) is 23.0 Å². The maximum atomic E-state index is 12.7. The standard InChI is InChI=1S/C31H36N2O5/c1-22(11-6-12-23-13-10-20-32-21-23)33-29(34)19-7-14-24(30-25(35-2)15-8-16-26(30)36-3)31-27(37-4)17-9-18-28(31)38-5/h7-10,13-22H,6,11-12H2,1-5H3,(H,33,34)/b19-7+. The lowest BCUT2D eigenvalue weighted by Crippen LogP contribution is -2.31. The van der Waals surface area contributed by atoms with Crippen molar-refractivity contribution in [3.05, 3.63) is 95.8 Å². The van der Waals surface area contributed by atoms with Gasteiger partial charge in [-0.2, -0.15) is 0 Å². The van der Waals surface area contributed by atoms with E-state index in [1.807, 2.05) is 61.7 Å². The molecule has 0 spiro atoms. The molecule has 3 rings (SSSR count). The predicted molar refractivity (Wildman–Crippen MR) is 150 cm³/mol.